The van der Waals surface area contributed by atoms with Crippen LogP contribution in [0.2, 0.25) is 0 Å². The molecule has 1 aromatic carbocycles. The molecule has 5 heteroatoms. The van der Waals surface area contributed by atoms with Crippen LogP contribution in [0.3, 0.4) is 0 Å². The molecule has 126 valence electrons. The van der Waals surface area contributed by atoms with E-state index in [1.54, 1.807) is 5.38 Å². The van der Waals surface area contributed by atoms with Crippen LogP contribution in [0.5, 0.6) is 0 Å². The summed E-state index contributed by atoms with van der Waals surface area (Å²) in [6.45, 7) is 2.14. The number of carbonyl (C=O) groups excluding carboxylic acids is 1. The molecule has 1 fully saturated rings. The zero-order valence-electron chi connectivity index (χ0n) is 14.0. The van der Waals surface area contributed by atoms with Gasteiger partial charge in [-0.15, -0.1) is 11.3 Å². The molecule has 0 aliphatic heterocycles. The Labute approximate surface area is 147 Å². The van der Waals surface area contributed by atoms with Crippen LogP contribution < -0.4 is 5.43 Å². The maximum Gasteiger partial charge on any atom is 0.290 e. The van der Waals surface area contributed by atoms with Gasteiger partial charge < -0.3 is 0 Å². The quantitative estimate of drug-likeness (QED) is 0.641. The maximum atomic E-state index is 12.2. The number of aryl methyl sites for hydroxylation is 1. The Hall–Kier alpha value is -2.01. The van der Waals surface area contributed by atoms with Gasteiger partial charge >= 0.3 is 0 Å². The molecular weight excluding hydrogens is 318 g/mol. The van der Waals surface area contributed by atoms with E-state index in [9.17, 15) is 4.79 Å². The van der Waals surface area contributed by atoms with Gasteiger partial charge in [0.15, 0.2) is 0 Å². The zero-order valence-corrected chi connectivity index (χ0v) is 14.9. The number of rotatable bonds is 4. The number of hydrogen-bond acceptors (Lipinski definition) is 4. The number of aromatic nitrogens is 1. The summed E-state index contributed by atoms with van der Waals surface area (Å²) in [5, 5.41) is 6.97. The van der Waals surface area contributed by atoms with Gasteiger partial charge in [0.25, 0.3) is 5.91 Å². The van der Waals surface area contributed by atoms with Crippen LogP contribution in [0.1, 0.15) is 61.5 Å². The summed E-state index contributed by atoms with van der Waals surface area (Å²) in [6.07, 6.45) is 7.87. The van der Waals surface area contributed by atoms with Gasteiger partial charge in [-0.2, -0.15) is 5.10 Å². The minimum atomic E-state index is -0.223. The van der Waals surface area contributed by atoms with Crippen molar-refractivity contribution in [1.29, 1.82) is 0 Å². The Bertz CT molecular complexity index is 708. The van der Waals surface area contributed by atoms with Crippen LogP contribution in [-0.2, 0) is 6.42 Å². The highest BCUT2D eigenvalue weighted by Gasteiger charge is 2.12. The molecule has 0 spiro atoms. The van der Waals surface area contributed by atoms with Crippen molar-refractivity contribution < 1.29 is 4.79 Å². The highest BCUT2D eigenvalue weighted by atomic mass is 32.1. The lowest BCUT2D eigenvalue weighted by atomic mass is 10.1. The van der Waals surface area contributed by atoms with Crippen molar-refractivity contribution in [3.05, 3.63) is 40.9 Å². The van der Waals surface area contributed by atoms with Gasteiger partial charge in [0.05, 0.1) is 0 Å². The third-order valence-corrected chi connectivity index (χ3v) is 5.23. The van der Waals surface area contributed by atoms with Crippen LogP contribution in [-0.4, -0.2) is 16.6 Å². The molecule has 1 amide bonds. The van der Waals surface area contributed by atoms with Gasteiger partial charge in [-0.05, 0) is 37.7 Å². The summed E-state index contributed by atoms with van der Waals surface area (Å²) in [5.41, 5.74) is 6.56. The molecule has 4 nitrogen and oxygen atoms in total. The van der Waals surface area contributed by atoms with Crippen molar-refractivity contribution in [3.63, 3.8) is 0 Å². The van der Waals surface area contributed by atoms with E-state index in [0.717, 1.165) is 35.5 Å². The van der Waals surface area contributed by atoms with E-state index < -0.39 is 0 Å². The predicted octanol–water partition coefficient (Wildman–Crippen LogP) is 4.81. The van der Waals surface area contributed by atoms with Gasteiger partial charge in [0.2, 0.25) is 0 Å². The molecule has 0 radical (unpaired) electrons. The number of benzene rings is 1. The molecule has 1 aliphatic carbocycles. The molecule has 1 aliphatic rings. The van der Waals surface area contributed by atoms with Crippen LogP contribution in [0.15, 0.2) is 34.7 Å². The van der Waals surface area contributed by atoms with Crippen LogP contribution >= 0.6 is 11.3 Å². The fourth-order valence-corrected chi connectivity index (χ4v) is 3.64. The number of nitrogens with one attached hydrogen (secondary N) is 1. The number of hydrogen-bond donors (Lipinski definition) is 1. The van der Waals surface area contributed by atoms with Crippen molar-refractivity contribution in [2.75, 3.05) is 0 Å². The lowest BCUT2D eigenvalue weighted by molar-refractivity contribution is 0.0950. The third-order valence-electron chi connectivity index (χ3n) is 4.34. The molecule has 1 saturated carbocycles. The summed E-state index contributed by atoms with van der Waals surface area (Å²) in [4.78, 5) is 16.7. The van der Waals surface area contributed by atoms with Crippen molar-refractivity contribution in [1.82, 2.24) is 10.4 Å². The van der Waals surface area contributed by atoms with E-state index in [4.69, 9.17) is 0 Å². The van der Waals surface area contributed by atoms with E-state index in [0.29, 0.717) is 5.69 Å². The van der Waals surface area contributed by atoms with Gasteiger partial charge in [0.1, 0.15) is 10.7 Å². The second-order valence-corrected chi connectivity index (χ2v) is 6.98. The Morgan fingerprint density at radius 1 is 1.17 bits per heavy atom. The molecule has 0 saturated heterocycles. The van der Waals surface area contributed by atoms with Crippen molar-refractivity contribution in [2.24, 2.45) is 5.10 Å². The van der Waals surface area contributed by atoms with Gasteiger partial charge in [-0.25, -0.2) is 10.4 Å². The predicted molar refractivity (Wildman–Crippen MR) is 99.5 cm³/mol. The average Bonchev–Trinajstić information content (AvgIpc) is 2.97. The second kappa shape index (κ2) is 8.20. The molecule has 1 aromatic heterocycles. The average molecular weight is 341 g/mol. The standard InChI is InChI=1S/C19H23N3OS/c1-2-14-9-11-15(12-10-14)19-20-17(13-24-19)18(23)22-21-16-7-5-3-4-6-8-16/h9-13H,2-8H2,1H3,(H,22,23). The van der Waals surface area contributed by atoms with Gasteiger partial charge in [-0.3, -0.25) is 4.79 Å². The summed E-state index contributed by atoms with van der Waals surface area (Å²) in [5.74, 6) is -0.223. The highest BCUT2D eigenvalue weighted by Crippen LogP contribution is 2.24. The summed E-state index contributed by atoms with van der Waals surface area (Å²) in [7, 11) is 0. The summed E-state index contributed by atoms with van der Waals surface area (Å²) in [6, 6.07) is 8.33. The first kappa shape index (κ1) is 16.8. The number of amides is 1. The lowest BCUT2D eigenvalue weighted by Crippen LogP contribution is -2.20. The molecule has 24 heavy (non-hydrogen) atoms. The first-order valence-electron chi connectivity index (χ1n) is 8.67. The van der Waals surface area contributed by atoms with Crippen LogP contribution in [0.4, 0.5) is 0 Å². The molecule has 0 unspecified atom stereocenters. The number of thiazole rings is 1. The smallest absolute Gasteiger partial charge is 0.266 e. The van der Waals surface area contributed by atoms with Gasteiger partial charge in [0, 0.05) is 16.7 Å². The van der Waals surface area contributed by atoms with E-state index in [1.807, 2.05) is 0 Å². The molecule has 1 N–H and O–H groups in total. The first-order valence-corrected chi connectivity index (χ1v) is 9.55. The Morgan fingerprint density at radius 2 is 1.88 bits per heavy atom. The Morgan fingerprint density at radius 3 is 2.54 bits per heavy atom. The van der Waals surface area contributed by atoms with Crippen LogP contribution in [0.25, 0.3) is 10.6 Å². The lowest BCUT2D eigenvalue weighted by Gasteiger charge is -2.02. The minimum absolute atomic E-state index is 0.223. The van der Waals surface area contributed by atoms with Crippen LogP contribution in [0, 0.1) is 0 Å². The maximum absolute atomic E-state index is 12.2. The molecular formula is C19H23N3OS. The molecule has 0 atom stereocenters. The summed E-state index contributed by atoms with van der Waals surface area (Å²) >= 11 is 1.49. The topological polar surface area (TPSA) is 54.4 Å². The molecule has 1 heterocycles. The van der Waals surface area contributed by atoms with E-state index in [1.165, 1.54) is 42.6 Å². The van der Waals surface area contributed by atoms with Crippen molar-refractivity contribution >= 4 is 23.0 Å². The third kappa shape index (κ3) is 4.29. The number of nitrogens with zero attached hydrogens (tertiary/aromatic N) is 2. The highest BCUT2D eigenvalue weighted by molar-refractivity contribution is 7.13. The summed E-state index contributed by atoms with van der Waals surface area (Å²) < 4.78 is 0. The Kier molecular flexibility index (Phi) is 5.75. The second-order valence-electron chi connectivity index (χ2n) is 6.12. The van der Waals surface area contributed by atoms with E-state index >= 15 is 0 Å². The largest absolute Gasteiger partial charge is 0.290 e. The molecule has 3 rings (SSSR count). The molecule has 0 bridgehead atoms. The van der Waals surface area contributed by atoms with Crippen molar-refractivity contribution in [2.45, 2.75) is 51.9 Å². The van der Waals surface area contributed by atoms with E-state index in [2.05, 4.69) is 46.7 Å². The number of carbonyl (C=O) groups is 1. The SMILES string of the molecule is CCc1ccc(-c2nc(C(=O)NN=C3CCCCCC3)cs2)cc1. The Balaban J connectivity index is 1.65. The van der Waals surface area contributed by atoms with Crippen molar-refractivity contribution in [3.8, 4) is 10.6 Å². The minimum Gasteiger partial charge on any atom is -0.266 e. The first-order chi connectivity index (χ1) is 11.8. The molecule has 2 aromatic rings. The van der Waals surface area contributed by atoms with E-state index in [-0.39, 0.29) is 5.91 Å². The zero-order chi connectivity index (χ0) is 16.8. The number of hydrazone groups is 1. The monoisotopic (exact) mass is 341 g/mol. The normalized spacial score (nSPS) is 15.0. The fourth-order valence-electron chi connectivity index (χ4n) is 2.83. The van der Waals surface area contributed by atoms with Gasteiger partial charge in [-0.1, -0.05) is 44.0 Å². The fraction of sp³-hybridized carbons (Fsp3) is 0.421.